The first-order valence-corrected chi connectivity index (χ1v) is 6.68. The van der Waals surface area contributed by atoms with Crippen molar-refractivity contribution in [2.75, 3.05) is 0 Å². The van der Waals surface area contributed by atoms with Gasteiger partial charge in [0.05, 0.1) is 6.10 Å². The van der Waals surface area contributed by atoms with E-state index in [9.17, 15) is 9.90 Å². The minimum absolute atomic E-state index is 0.234. The molecule has 100 valence electrons. The highest BCUT2D eigenvalue weighted by atomic mass is 16.3. The maximum atomic E-state index is 10.6. The van der Waals surface area contributed by atoms with Crippen LogP contribution in [0.15, 0.2) is 24.3 Å². The Morgan fingerprint density at radius 3 is 2.83 bits per heavy atom. The fraction of sp³-hybridized carbons (Fsp3) is 0.533. The number of benzene rings is 1. The van der Waals surface area contributed by atoms with Crippen molar-refractivity contribution in [2.24, 2.45) is 5.73 Å². The summed E-state index contributed by atoms with van der Waals surface area (Å²) in [5, 5.41) is 9.93. The van der Waals surface area contributed by atoms with Crippen molar-refractivity contribution in [3.05, 3.63) is 35.4 Å². The molecule has 0 aliphatic rings. The second kappa shape index (κ2) is 7.88. The van der Waals surface area contributed by atoms with Crippen molar-refractivity contribution in [1.29, 1.82) is 0 Å². The van der Waals surface area contributed by atoms with Gasteiger partial charge in [-0.15, -0.1) is 0 Å². The number of carbonyl (C=O) groups is 1. The van der Waals surface area contributed by atoms with Gasteiger partial charge in [0, 0.05) is 6.42 Å². The van der Waals surface area contributed by atoms with Gasteiger partial charge in [-0.2, -0.15) is 0 Å². The first-order chi connectivity index (χ1) is 8.63. The number of rotatable bonds is 8. The summed E-state index contributed by atoms with van der Waals surface area (Å²) in [6, 6.07) is 8.07. The summed E-state index contributed by atoms with van der Waals surface area (Å²) in [5.74, 6) is -0.234. The predicted octanol–water partition coefficient (Wildman–Crippen LogP) is 2.72. The first kappa shape index (κ1) is 14.7. The lowest BCUT2D eigenvalue weighted by molar-refractivity contribution is -0.118. The Hall–Kier alpha value is -1.35. The standard InChI is InChI=1S/C15H23NO2/c1-2-6-14(17)13-9-5-8-12(11-13)7-3-4-10-15(16)18/h5,8-9,11,14,17H,2-4,6-7,10H2,1H3,(H2,16,18). The average molecular weight is 249 g/mol. The van der Waals surface area contributed by atoms with Crippen LogP contribution in [0, 0.1) is 0 Å². The lowest BCUT2D eigenvalue weighted by atomic mass is 10.00. The highest BCUT2D eigenvalue weighted by molar-refractivity contribution is 5.73. The van der Waals surface area contributed by atoms with Crippen molar-refractivity contribution in [3.8, 4) is 0 Å². The molecule has 3 nitrogen and oxygen atoms in total. The molecule has 0 aliphatic heterocycles. The molecule has 0 saturated carbocycles. The first-order valence-electron chi connectivity index (χ1n) is 6.68. The topological polar surface area (TPSA) is 63.3 Å². The van der Waals surface area contributed by atoms with Gasteiger partial charge >= 0.3 is 0 Å². The molecule has 0 radical (unpaired) electrons. The number of hydrogen-bond acceptors (Lipinski definition) is 2. The van der Waals surface area contributed by atoms with Crippen molar-refractivity contribution in [2.45, 2.75) is 51.6 Å². The molecule has 1 unspecified atom stereocenters. The fourth-order valence-electron chi connectivity index (χ4n) is 2.02. The van der Waals surface area contributed by atoms with E-state index in [4.69, 9.17) is 5.73 Å². The number of aryl methyl sites for hydroxylation is 1. The molecule has 1 aromatic carbocycles. The number of unbranched alkanes of at least 4 members (excludes halogenated alkanes) is 1. The van der Waals surface area contributed by atoms with Crippen LogP contribution >= 0.6 is 0 Å². The van der Waals surface area contributed by atoms with Gasteiger partial charge in [-0.1, -0.05) is 37.6 Å². The quantitative estimate of drug-likeness (QED) is 0.696. The molecule has 0 bridgehead atoms. The Morgan fingerprint density at radius 1 is 1.39 bits per heavy atom. The minimum Gasteiger partial charge on any atom is -0.388 e. The maximum Gasteiger partial charge on any atom is 0.217 e. The van der Waals surface area contributed by atoms with E-state index >= 15 is 0 Å². The predicted molar refractivity (Wildman–Crippen MR) is 73.1 cm³/mol. The monoisotopic (exact) mass is 249 g/mol. The molecule has 0 aliphatic carbocycles. The minimum atomic E-state index is -0.361. The van der Waals surface area contributed by atoms with Gasteiger partial charge in [0.2, 0.25) is 5.91 Å². The van der Waals surface area contributed by atoms with Gasteiger partial charge in [-0.25, -0.2) is 0 Å². The van der Waals surface area contributed by atoms with E-state index in [2.05, 4.69) is 19.1 Å². The fourth-order valence-corrected chi connectivity index (χ4v) is 2.02. The number of aliphatic hydroxyl groups excluding tert-OH is 1. The molecule has 3 N–H and O–H groups in total. The smallest absolute Gasteiger partial charge is 0.217 e. The van der Waals surface area contributed by atoms with E-state index in [0.29, 0.717) is 6.42 Å². The summed E-state index contributed by atoms with van der Waals surface area (Å²) in [7, 11) is 0. The Morgan fingerprint density at radius 2 is 2.17 bits per heavy atom. The Labute approximate surface area is 109 Å². The molecule has 1 aromatic rings. The number of amides is 1. The van der Waals surface area contributed by atoms with Crippen LogP contribution in [0.2, 0.25) is 0 Å². The number of primary amides is 1. The van der Waals surface area contributed by atoms with Gasteiger partial charge in [0.25, 0.3) is 0 Å². The zero-order valence-corrected chi connectivity index (χ0v) is 11.1. The lowest BCUT2D eigenvalue weighted by Gasteiger charge is -2.11. The zero-order valence-electron chi connectivity index (χ0n) is 11.1. The normalized spacial score (nSPS) is 12.3. The molecule has 3 heteroatoms. The highest BCUT2D eigenvalue weighted by Crippen LogP contribution is 2.20. The van der Waals surface area contributed by atoms with E-state index in [1.54, 1.807) is 0 Å². The number of carbonyl (C=O) groups excluding carboxylic acids is 1. The number of nitrogens with two attached hydrogens (primary N) is 1. The van der Waals surface area contributed by atoms with Crippen molar-refractivity contribution < 1.29 is 9.90 Å². The molecule has 1 atom stereocenters. The molecular weight excluding hydrogens is 226 g/mol. The Bertz CT molecular complexity index is 377. The van der Waals surface area contributed by atoms with Crippen molar-refractivity contribution in [3.63, 3.8) is 0 Å². The van der Waals surface area contributed by atoms with Crippen LogP contribution in [-0.2, 0) is 11.2 Å². The number of hydrogen-bond donors (Lipinski definition) is 2. The molecule has 0 aromatic heterocycles. The van der Waals surface area contributed by atoms with Crippen LogP contribution in [0.5, 0.6) is 0 Å². The molecule has 0 fully saturated rings. The Balaban J connectivity index is 2.46. The second-order valence-corrected chi connectivity index (χ2v) is 4.72. The Kier molecular flexibility index (Phi) is 6.44. The van der Waals surface area contributed by atoms with Crippen LogP contribution in [0.4, 0.5) is 0 Å². The SMILES string of the molecule is CCCC(O)c1cccc(CCCCC(N)=O)c1. The third kappa shape index (κ3) is 5.32. The third-order valence-electron chi connectivity index (χ3n) is 3.04. The summed E-state index contributed by atoms with van der Waals surface area (Å²) < 4.78 is 0. The lowest BCUT2D eigenvalue weighted by Crippen LogP contribution is -2.09. The largest absolute Gasteiger partial charge is 0.388 e. The molecule has 1 amide bonds. The molecule has 0 saturated heterocycles. The van der Waals surface area contributed by atoms with Crippen LogP contribution in [0.3, 0.4) is 0 Å². The van der Waals surface area contributed by atoms with Crippen LogP contribution in [-0.4, -0.2) is 11.0 Å². The van der Waals surface area contributed by atoms with Gasteiger partial charge in [0.15, 0.2) is 0 Å². The van der Waals surface area contributed by atoms with E-state index in [1.807, 2.05) is 12.1 Å². The van der Waals surface area contributed by atoms with Crippen LogP contribution in [0.25, 0.3) is 0 Å². The van der Waals surface area contributed by atoms with E-state index in [1.165, 1.54) is 5.56 Å². The van der Waals surface area contributed by atoms with E-state index in [0.717, 1.165) is 37.7 Å². The molecular formula is C15H23NO2. The van der Waals surface area contributed by atoms with Gasteiger partial charge in [-0.3, -0.25) is 4.79 Å². The molecule has 0 heterocycles. The third-order valence-corrected chi connectivity index (χ3v) is 3.04. The van der Waals surface area contributed by atoms with Crippen LogP contribution < -0.4 is 5.73 Å². The highest BCUT2D eigenvalue weighted by Gasteiger charge is 2.06. The molecule has 18 heavy (non-hydrogen) atoms. The second-order valence-electron chi connectivity index (χ2n) is 4.72. The maximum absolute atomic E-state index is 10.6. The molecule has 0 spiro atoms. The van der Waals surface area contributed by atoms with Crippen LogP contribution in [0.1, 0.15) is 56.3 Å². The van der Waals surface area contributed by atoms with Crippen molar-refractivity contribution in [1.82, 2.24) is 0 Å². The summed E-state index contributed by atoms with van der Waals surface area (Å²) >= 11 is 0. The summed E-state index contributed by atoms with van der Waals surface area (Å²) in [4.78, 5) is 10.6. The van der Waals surface area contributed by atoms with E-state index < -0.39 is 0 Å². The van der Waals surface area contributed by atoms with Gasteiger partial charge in [0.1, 0.15) is 0 Å². The van der Waals surface area contributed by atoms with Gasteiger partial charge < -0.3 is 10.8 Å². The number of aliphatic hydroxyl groups is 1. The summed E-state index contributed by atoms with van der Waals surface area (Å²) in [5.41, 5.74) is 7.30. The zero-order chi connectivity index (χ0) is 13.4. The van der Waals surface area contributed by atoms with Crippen molar-refractivity contribution >= 4 is 5.91 Å². The van der Waals surface area contributed by atoms with Gasteiger partial charge in [-0.05, 0) is 36.8 Å². The summed E-state index contributed by atoms with van der Waals surface area (Å²) in [6.07, 6.45) is 4.58. The summed E-state index contributed by atoms with van der Waals surface area (Å²) in [6.45, 7) is 2.07. The average Bonchev–Trinajstić information content (AvgIpc) is 2.35. The molecule has 1 rings (SSSR count). The van der Waals surface area contributed by atoms with E-state index in [-0.39, 0.29) is 12.0 Å².